The Morgan fingerprint density at radius 1 is 1.30 bits per heavy atom. The van der Waals surface area contributed by atoms with Crippen LogP contribution in [0.2, 0.25) is 0 Å². The Labute approximate surface area is 117 Å². The van der Waals surface area contributed by atoms with E-state index in [2.05, 4.69) is 10.4 Å². The first-order chi connectivity index (χ1) is 9.74. The number of rotatable bonds is 7. The quantitative estimate of drug-likeness (QED) is 0.785. The van der Waals surface area contributed by atoms with Crippen molar-refractivity contribution in [2.24, 2.45) is 0 Å². The molecule has 0 saturated heterocycles. The minimum Gasteiger partial charge on any atom is -0.494 e. The van der Waals surface area contributed by atoms with Gasteiger partial charge in [-0.1, -0.05) is 0 Å². The van der Waals surface area contributed by atoms with Gasteiger partial charge in [-0.25, -0.2) is 9.07 Å². The van der Waals surface area contributed by atoms with E-state index in [0.29, 0.717) is 13.2 Å². The molecule has 6 heteroatoms. The molecule has 20 heavy (non-hydrogen) atoms. The van der Waals surface area contributed by atoms with E-state index in [1.54, 1.807) is 23.9 Å². The summed E-state index contributed by atoms with van der Waals surface area (Å²) >= 11 is 0. The van der Waals surface area contributed by atoms with Gasteiger partial charge in [0.15, 0.2) is 11.6 Å². The van der Waals surface area contributed by atoms with Gasteiger partial charge in [0.1, 0.15) is 0 Å². The molecule has 2 rings (SSSR count). The van der Waals surface area contributed by atoms with E-state index in [1.807, 2.05) is 12.3 Å². The molecule has 1 heterocycles. The summed E-state index contributed by atoms with van der Waals surface area (Å²) in [7, 11) is 3.11. The van der Waals surface area contributed by atoms with Gasteiger partial charge in [0.25, 0.3) is 0 Å². The van der Waals surface area contributed by atoms with E-state index < -0.39 is 0 Å². The van der Waals surface area contributed by atoms with Crippen molar-refractivity contribution in [2.45, 2.75) is 6.54 Å². The predicted octanol–water partition coefficient (Wildman–Crippen LogP) is 1.76. The molecule has 0 aliphatic rings. The zero-order chi connectivity index (χ0) is 14.4. The van der Waals surface area contributed by atoms with Gasteiger partial charge >= 0.3 is 0 Å². The van der Waals surface area contributed by atoms with Crippen LogP contribution in [0.5, 0.6) is 5.75 Å². The number of hydrogen-bond donors (Lipinski definition) is 1. The molecular formula is C14H18FN3O2. The van der Waals surface area contributed by atoms with Gasteiger partial charge in [-0.3, -0.25) is 0 Å². The van der Waals surface area contributed by atoms with E-state index in [0.717, 1.165) is 17.9 Å². The molecule has 2 aromatic rings. The van der Waals surface area contributed by atoms with Gasteiger partial charge in [0.2, 0.25) is 0 Å². The summed E-state index contributed by atoms with van der Waals surface area (Å²) in [6.07, 6.45) is 1.83. The molecule has 0 unspecified atom stereocenters. The molecule has 0 bridgehead atoms. The van der Waals surface area contributed by atoms with Crippen LogP contribution < -0.4 is 10.1 Å². The molecule has 0 amide bonds. The largest absolute Gasteiger partial charge is 0.494 e. The molecular weight excluding hydrogens is 261 g/mol. The SMILES string of the molecule is COCCNCc1ccn(-c2ccc(F)c(OC)c2)n1. The Balaban J connectivity index is 2.04. The third-order valence-electron chi connectivity index (χ3n) is 2.83. The van der Waals surface area contributed by atoms with E-state index >= 15 is 0 Å². The lowest BCUT2D eigenvalue weighted by Gasteiger charge is -2.06. The van der Waals surface area contributed by atoms with E-state index in [1.165, 1.54) is 13.2 Å². The Kier molecular flexibility index (Phi) is 5.09. The second-order valence-electron chi connectivity index (χ2n) is 4.24. The minimum atomic E-state index is -0.384. The standard InChI is InChI=1S/C14H18FN3O2/c1-19-8-6-16-10-11-5-7-18(17-11)12-3-4-13(15)14(9-12)20-2/h3-5,7,9,16H,6,8,10H2,1-2H3. The second-order valence-corrected chi connectivity index (χ2v) is 4.24. The maximum atomic E-state index is 13.4. The molecule has 0 saturated carbocycles. The summed E-state index contributed by atoms with van der Waals surface area (Å²) in [4.78, 5) is 0. The van der Waals surface area contributed by atoms with Crippen LogP contribution >= 0.6 is 0 Å². The van der Waals surface area contributed by atoms with Gasteiger partial charge in [-0.2, -0.15) is 5.10 Å². The Morgan fingerprint density at radius 3 is 2.90 bits per heavy atom. The zero-order valence-electron chi connectivity index (χ0n) is 11.6. The van der Waals surface area contributed by atoms with Crippen molar-refractivity contribution in [1.29, 1.82) is 0 Å². The molecule has 0 radical (unpaired) electrons. The average Bonchev–Trinajstić information content (AvgIpc) is 2.93. The molecule has 0 spiro atoms. The average molecular weight is 279 g/mol. The number of halogens is 1. The van der Waals surface area contributed by atoms with E-state index in [9.17, 15) is 4.39 Å². The van der Waals surface area contributed by atoms with Crippen molar-refractivity contribution in [3.8, 4) is 11.4 Å². The molecule has 0 fully saturated rings. The number of aromatic nitrogens is 2. The lowest BCUT2D eigenvalue weighted by atomic mass is 10.3. The molecule has 0 aliphatic heterocycles. The van der Waals surface area contributed by atoms with E-state index in [4.69, 9.17) is 9.47 Å². The Hall–Kier alpha value is -1.92. The summed E-state index contributed by atoms with van der Waals surface area (Å²) in [5, 5.41) is 7.63. The number of methoxy groups -OCH3 is 2. The highest BCUT2D eigenvalue weighted by Gasteiger charge is 2.06. The van der Waals surface area contributed by atoms with Gasteiger partial charge in [0, 0.05) is 32.5 Å². The minimum absolute atomic E-state index is 0.206. The normalized spacial score (nSPS) is 10.8. The summed E-state index contributed by atoms with van der Waals surface area (Å²) in [5.74, 6) is -0.178. The lowest BCUT2D eigenvalue weighted by Crippen LogP contribution is -2.18. The summed E-state index contributed by atoms with van der Waals surface area (Å²) in [6.45, 7) is 2.10. The zero-order valence-corrected chi connectivity index (χ0v) is 11.6. The van der Waals surface area contributed by atoms with Crippen LogP contribution in [0.15, 0.2) is 30.5 Å². The third kappa shape index (κ3) is 3.55. The highest BCUT2D eigenvalue weighted by atomic mass is 19.1. The van der Waals surface area contributed by atoms with E-state index in [-0.39, 0.29) is 11.6 Å². The fraction of sp³-hybridized carbons (Fsp3) is 0.357. The van der Waals surface area contributed by atoms with Crippen LogP contribution in [0.25, 0.3) is 5.69 Å². The van der Waals surface area contributed by atoms with Crippen molar-refractivity contribution in [3.05, 3.63) is 42.0 Å². The van der Waals surface area contributed by atoms with Crippen LogP contribution in [0.4, 0.5) is 4.39 Å². The first-order valence-electron chi connectivity index (χ1n) is 6.32. The molecule has 1 N–H and O–H groups in total. The van der Waals surface area contributed by atoms with Crippen molar-refractivity contribution < 1.29 is 13.9 Å². The van der Waals surface area contributed by atoms with Crippen LogP contribution in [0.1, 0.15) is 5.69 Å². The van der Waals surface area contributed by atoms with Crippen molar-refractivity contribution in [3.63, 3.8) is 0 Å². The fourth-order valence-corrected chi connectivity index (χ4v) is 1.78. The van der Waals surface area contributed by atoms with Gasteiger partial charge < -0.3 is 14.8 Å². The highest BCUT2D eigenvalue weighted by molar-refractivity contribution is 5.39. The second kappa shape index (κ2) is 7.02. The molecule has 1 aromatic heterocycles. The third-order valence-corrected chi connectivity index (χ3v) is 2.83. The molecule has 0 atom stereocenters. The number of benzene rings is 1. The molecule has 0 aliphatic carbocycles. The monoisotopic (exact) mass is 279 g/mol. The van der Waals surface area contributed by atoms with Crippen LogP contribution in [-0.4, -0.2) is 37.2 Å². The molecule has 5 nitrogen and oxygen atoms in total. The van der Waals surface area contributed by atoms with Crippen LogP contribution in [-0.2, 0) is 11.3 Å². The first kappa shape index (κ1) is 14.5. The summed E-state index contributed by atoms with van der Waals surface area (Å²) < 4.78 is 25.0. The van der Waals surface area contributed by atoms with Crippen LogP contribution in [0.3, 0.4) is 0 Å². The first-order valence-corrected chi connectivity index (χ1v) is 6.32. The number of ether oxygens (including phenoxy) is 2. The Bertz CT molecular complexity index is 557. The maximum absolute atomic E-state index is 13.4. The fourth-order valence-electron chi connectivity index (χ4n) is 1.78. The Morgan fingerprint density at radius 2 is 2.15 bits per heavy atom. The summed E-state index contributed by atoms with van der Waals surface area (Å²) in [6, 6.07) is 6.56. The smallest absolute Gasteiger partial charge is 0.165 e. The van der Waals surface area contributed by atoms with Gasteiger partial charge in [-0.05, 0) is 18.2 Å². The lowest BCUT2D eigenvalue weighted by molar-refractivity contribution is 0.199. The number of nitrogens with zero attached hydrogens (tertiary/aromatic N) is 2. The van der Waals surface area contributed by atoms with Crippen molar-refractivity contribution in [1.82, 2.24) is 15.1 Å². The molecule has 108 valence electrons. The number of hydrogen-bond acceptors (Lipinski definition) is 4. The maximum Gasteiger partial charge on any atom is 0.165 e. The van der Waals surface area contributed by atoms with Crippen molar-refractivity contribution >= 4 is 0 Å². The highest BCUT2D eigenvalue weighted by Crippen LogP contribution is 2.20. The van der Waals surface area contributed by atoms with Gasteiger partial charge in [-0.15, -0.1) is 0 Å². The van der Waals surface area contributed by atoms with Crippen molar-refractivity contribution in [2.75, 3.05) is 27.4 Å². The topological polar surface area (TPSA) is 48.3 Å². The van der Waals surface area contributed by atoms with Gasteiger partial charge in [0.05, 0.1) is 25.1 Å². The predicted molar refractivity (Wildman–Crippen MR) is 73.7 cm³/mol. The molecule has 1 aromatic carbocycles. The summed E-state index contributed by atoms with van der Waals surface area (Å²) in [5.41, 5.74) is 1.66. The number of nitrogens with one attached hydrogen (secondary N) is 1. The van der Waals surface area contributed by atoms with Crippen LogP contribution in [0, 0.1) is 5.82 Å².